The van der Waals surface area contributed by atoms with Gasteiger partial charge in [0, 0.05) is 11.4 Å². The first kappa shape index (κ1) is 35.9. The number of para-hydroxylation sites is 4. The smallest absolute Gasteiger partial charge is 0.184 e. The fourth-order valence-corrected chi connectivity index (χ4v) is 15.8. The van der Waals surface area contributed by atoms with Gasteiger partial charge >= 0.3 is 0 Å². The first-order valence-electron chi connectivity index (χ1n) is 20.9. The molecule has 0 aromatic heterocycles. The Bertz CT molecular complexity index is 2630. The predicted octanol–water partition coefficient (Wildman–Crippen LogP) is 11.6. The van der Waals surface area contributed by atoms with Crippen LogP contribution in [0.2, 0.25) is 0 Å². The van der Waals surface area contributed by atoms with E-state index in [4.69, 9.17) is 0 Å². The molecule has 60 heavy (non-hydrogen) atoms. The summed E-state index contributed by atoms with van der Waals surface area (Å²) in [6.07, 6.45) is 0. The van der Waals surface area contributed by atoms with E-state index in [1.54, 1.807) is 0 Å². The fourth-order valence-electron chi connectivity index (χ4n) is 10.7. The monoisotopic (exact) mass is 784 g/mol. The standard InChI is InChI=1S/C57H44N2Si/c1-41-39-42(2)54(59-51-35-19-21-37-55(51)60(45-27-11-5-12-28-45,46-29-13-6-14-30-46)56-38-22-20-36-52(56)59)40-53(41)58-49-33-17-15-31-47(49)57(43-23-7-3-8-24-43,44-25-9-4-10-26-44)48-32-16-18-34-50(48)58/h3-40H,1-2H3. The van der Waals surface area contributed by atoms with Gasteiger partial charge in [0.25, 0.3) is 0 Å². The molecule has 0 radical (unpaired) electrons. The first-order chi connectivity index (χ1) is 29.6. The van der Waals surface area contributed by atoms with E-state index < -0.39 is 13.5 Å². The molecule has 0 saturated heterocycles. The van der Waals surface area contributed by atoms with E-state index in [9.17, 15) is 0 Å². The zero-order valence-corrected chi connectivity index (χ0v) is 34.8. The molecule has 0 fully saturated rings. The minimum absolute atomic E-state index is 0.527. The highest BCUT2D eigenvalue weighted by molar-refractivity contribution is 7.21. The Morgan fingerprint density at radius 3 is 1.08 bits per heavy atom. The quantitative estimate of drug-likeness (QED) is 0.155. The average molecular weight is 785 g/mol. The zero-order chi connectivity index (χ0) is 40.3. The van der Waals surface area contributed by atoms with Gasteiger partial charge in [-0.3, -0.25) is 0 Å². The molecule has 0 bridgehead atoms. The maximum Gasteiger partial charge on any atom is 0.184 e. The molecule has 2 nitrogen and oxygen atoms in total. The second-order valence-corrected chi connectivity index (χ2v) is 19.9. The molecule has 2 aliphatic rings. The maximum atomic E-state index is 2.56. The lowest BCUT2D eigenvalue weighted by Gasteiger charge is -2.47. The molecule has 9 aromatic rings. The third kappa shape index (κ3) is 5.12. The predicted molar refractivity (Wildman–Crippen MR) is 254 cm³/mol. The molecule has 11 rings (SSSR count). The molecule has 2 heterocycles. The summed E-state index contributed by atoms with van der Waals surface area (Å²) in [7, 11) is -2.75. The number of rotatable bonds is 6. The molecule has 286 valence electrons. The maximum absolute atomic E-state index is 2.75. The lowest BCUT2D eigenvalue weighted by atomic mass is 9.62. The van der Waals surface area contributed by atoms with E-state index in [2.05, 4.69) is 254 Å². The van der Waals surface area contributed by atoms with Gasteiger partial charge in [0.2, 0.25) is 0 Å². The summed E-state index contributed by atoms with van der Waals surface area (Å²) in [4.78, 5) is 5.09. The van der Waals surface area contributed by atoms with Crippen LogP contribution >= 0.6 is 0 Å². The Morgan fingerprint density at radius 1 is 0.317 bits per heavy atom. The summed E-state index contributed by atoms with van der Waals surface area (Å²) in [6.45, 7) is 4.55. The van der Waals surface area contributed by atoms with Crippen molar-refractivity contribution in [2.45, 2.75) is 19.3 Å². The second-order valence-electron chi connectivity index (χ2n) is 16.1. The highest BCUT2D eigenvalue weighted by atomic mass is 28.3. The third-order valence-electron chi connectivity index (χ3n) is 13.0. The van der Waals surface area contributed by atoms with Crippen LogP contribution in [0.4, 0.5) is 34.1 Å². The summed E-state index contributed by atoms with van der Waals surface area (Å²) in [5, 5.41) is 5.57. The van der Waals surface area contributed by atoms with Gasteiger partial charge in [0.15, 0.2) is 8.07 Å². The molecule has 0 aliphatic carbocycles. The third-order valence-corrected chi connectivity index (χ3v) is 17.9. The van der Waals surface area contributed by atoms with E-state index >= 15 is 0 Å². The van der Waals surface area contributed by atoms with Gasteiger partial charge in [-0.05, 0) is 98.3 Å². The van der Waals surface area contributed by atoms with Gasteiger partial charge in [-0.1, -0.05) is 200 Å². The van der Waals surface area contributed by atoms with Gasteiger partial charge in [0.05, 0.1) is 28.2 Å². The Morgan fingerprint density at radius 2 is 0.650 bits per heavy atom. The zero-order valence-electron chi connectivity index (χ0n) is 33.8. The Kier molecular flexibility index (Phi) is 8.54. The molecular formula is C57H44N2Si. The molecule has 0 amide bonds. The number of benzene rings is 9. The van der Waals surface area contributed by atoms with Crippen molar-refractivity contribution in [2.75, 3.05) is 9.80 Å². The van der Waals surface area contributed by atoms with E-state index in [1.807, 2.05) is 0 Å². The number of nitrogens with zero attached hydrogens (tertiary/aromatic N) is 2. The van der Waals surface area contributed by atoms with Crippen molar-refractivity contribution in [3.63, 3.8) is 0 Å². The molecule has 0 atom stereocenters. The molecule has 0 N–H and O–H groups in total. The highest BCUT2D eigenvalue weighted by Crippen LogP contribution is 2.58. The van der Waals surface area contributed by atoms with E-state index in [0.717, 1.165) is 0 Å². The summed E-state index contributed by atoms with van der Waals surface area (Å²) < 4.78 is 0. The Labute approximate surface area is 354 Å². The SMILES string of the molecule is Cc1cc(C)c(N2c3ccccc3[Si](c3ccccc3)(c3ccccc3)c3ccccc32)cc1N1c2ccccc2C(c2ccccc2)(c2ccccc2)c2ccccc21. The van der Waals surface area contributed by atoms with Gasteiger partial charge in [-0.2, -0.15) is 0 Å². The van der Waals surface area contributed by atoms with E-state index in [-0.39, 0.29) is 0 Å². The second kappa shape index (κ2) is 14.3. The number of aryl methyl sites for hydroxylation is 2. The van der Waals surface area contributed by atoms with Crippen molar-refractivity contribution < 1.29 is 0 Å². The van der Waals surface area contributed by atoms with Crippen molar-refractivity contribution in [3.8, 4) is 0 Å². The fraction of sp³-hybridized carbons (Fsp3) is 0.0526. The Balaban J connectivity index is 1.17. The molecule has 0 spiro atoms. The van der Waals surface area contributed by atoms with Crippen LogP contribution in [0.25, 0.3) is 0 Å². The van der Waals surface area contributed by atoms with Crippen molar-refractivity contribution in [2.24, 2.45) is 0 Å². The van der Waals surface area contributed by atoms with Crippen LogP contribution in [-0.4, -0.2) is 8.07 Å². The number of hydrogen-bond donors (Lipinski definition) is 0. The van der Waals surface area contributed by atoms with Crippen LogP contribution in [0.15, 0.2) is 231 Å². The van der Waals surface area contributed by atoms with Crippen LogP contribution in [0, 0.1) is 13.8 Å². The summed E-state index contributed by atoms with van der Waals surface area (Å²) in [5.41, 5.74) is 14.1. The van der Waals surface area contributed by atoms with Crippen LogP contribution in [0.1, 0.15) is 33.4 Å². The van der Waals surface area contributed by atoms with Gasteiger partial charge in [0.1, 0.15) is 0 Å². The summed E-state index contributed by atoms with van der Waals surface area (Å²) >= 11 is 0. The summed E-state index contributed by atoms with van der Waals surface area (Å²) in [5.74, 6) is 0. The normalized spacial score (nSPS) is 14.4. The first-order valence-corrected chi connectivity index (χ1v) is 22.9. The summed E-state index contributed by atoms with van der Waals surface area (Å²) in [6, 6.07) is 86.0. The molecule has 9 aromatic carbocycles. The topological polar surface area (TPSA) is 6.48 Å². The molecule has 0 unspecified atom stereocenters. The van der Waals surface area contributed by atoms with Gasteiger partial charge in [-0.25, -0.2) is 0 Å². The average Bonchev–Trinajstić information content (AvgIpc) is 3.32. The number of hydrogen-bond acceptors (Lipinski definition) is 2. The van der Waals surface area contributed by atoms with Crippen LogP contribution in [-0.2, 0) is 5.41 Å². The number of anilines is 6. The van der Waals surface area contributed by atoms with Gasteiger partial charge < -0.3 is 9.80 Å². The van der Waals surface area contributed by atoms with Crippen molar-refractivity contribution in [1.29, 1.82) is 0 Å². The lowest BCUT2D eigenvalue weighted by molar-refractivity contribution is 0.731. The van der Waals surface area contributed by atoms with Crippen molar-refractivity contribution >= 4 is 62.9 Å². The minimum Gasteiger partial charge on any atom is -0.310 e. The largest absolute Gasteiger partial charge is 0.310 e. The van der Waals surface area contributed by atoms with Crippen molar-refractivity contribution in [1.82, 2.24) is 0 Å². The number of fused-ring (bicyclic) bond motifs is 4. The van der Waals surface area contributed by atoms with E-state index in [1.165, 1.54) is 88.3 Å². The molecule has 2 aliphatic heterocycles. The van der Waals surface area contributed by atoms with Crippen LogP contribution in [0.3, 0.4) is 0 Å². The van der Waals surface area contributed by atoms with E-state index in [0.29, 0.717) is 0 Å². The Hall–Kier alpha value is -7.20. The van der Waals surface area contributed by atoms with Crippen LogP contribution < -0.4 is 30.5 Å². The lowest BCUT2D eigenvalue weighted by Crippen LogP contribution is -2.77. The molecule has 0 saturated carbocycles. The highest BCUT2D eigenvalue weighted by Gasteiger charge is 2.50. The van der Waals surface area contributed by atoms with Crippen molar-refractivity contribution in [3.05, 3.63) is 264 Å². The molecule has 3 heteroatoms. The van der Waals surface area contributed by atoms with Gasteiger partial charge in [-0.15, -0.1) is 0 Å². The minimum atomic E-state index is -2.75. The van der Waals surface area contributed by atoms with Crippen LogP contribution in [0.5, 0.6) is 0 Å². The molecular weight excluding hydrogens is 741 g/mol.